The molecule has 2 heterocycles. The molecule has 1 aromatic carbocycles. The molecule has 1 aromatic heterocycles. The Morgan fingerprint density at radius 3 is 2.30 bits per heavy atom. The van der Waals surface area contributed by atoms with Crippen LogP contribution in [0.1, 0.15) is 19.6 Å². The van der Waals surface area contributed by atoms with Gasteiger partial charge < -0.3 is 13.9 Å². The van der Waals surface area contributed by atoms with E-state index in [1.165, 1.54) is 32.1 Å². The predicted molar refractivity (Wildman–Crippen MR) is 78.3 cm³/mol. The number of esters is 2. The molecular weight excluding hydrogens is 303 g/mol. The fourth-order valence-corrected chi connectivity index (χ4v) is 2.16. The van der Waals surface area contributed by atoms with Crippen LogP contribution in [-0.2, 0) is 19.1 Å². The first-order chi connectivity index (χ1) is 10.9. The van der Waals surface area contributed by atoms with Crippen molar-refractivity contribution in [2.24, 2.45) is 0 Å². The summed E-state index contributed by atoms with van der Waals surface area (Å²) in [7, 11) is 0. The van der Waals surface area contributed by atoms with Crippen LogP contribution in [0.3, 0.4) is 0 Å². The lowest BCUT2D eigenvalue weighted by Crippen LogP contribution is -2.41. The highest BCUT2D eigenvalue weighted by molar-refractivity contribution is 6.18. The maximum absolute atomic E-state index is 13.7. The zero-order valence-electron chi connectivity index (χ0n) is 12.5. The third-order valence-corrected chi connectivity index (χ3v) is 3.17. The molecule has 0 spiro atoms. The van der Waals surface area contributed by atoms with E-state index in [4.69, 9.17) is 13.9 Å². The van der Waals surface area contributed by atoms with Gasteiger partial charge >= 0.3 is 11.9 Å². The van der Waals surface area contributed by atoms with Crippen molar-refractivity contribution in [2.75, 3.05) is 0 Å². The Bertz CT molecular complexity index is 794. The van der Waals surface area contributed by atoms with Crippen LogP contribution in [0.4, 0.5) is 4.39 Å². The molecule has 0 radical (unpaired) electrons. The molecular formula is C17H13FO5. The number of ether oxygens (including phenoxy) is 2. The second-order valence-electron chi connectivity index (χ2n) is 5.42. The van der Waals surface area contributed by atoms with E-state index in [0.29, 0.717) is 0 Å². The minimum Gasteiger partial charge on any atom is -0.457 e. The molecule has 0 amide bonds. The number of benzene rings is 1. The third kappa shape index (κ3) is 3.01. The number of furan rings is 1. The molecule has 0 N–H and O–H groups in total. The van der Waals surface area contributed by atoms with E-state index >= 15 is 0 Å². The first-order valence-corrected chi connectivity index (χ1v) is 6.89. The molecule has 3 rings (SSSR count). The molecule has 1 saturated heterocycles. The number of cyclic esters (lactones) is 2. The summed E-state index contributed by atoms with van der Waals surface area (Å²) in [6, 6.07) is 9.20. The molecule has 5 nitrogen and oxygen atoms in total. The monoisotopic (exact) mass is 316 g/mol. The molecule has 1 fully saturated rings. The minimum absolute atomic E-state index is 0.215. The lowest BCUT2D eigenvalue weighted by Gasteiger charge is -2.29. The van der Waals surface area contributed by atoms with E-state index in [1.807, 2.05) is 0 Å². The van der Waals surface area contributed by atoms with E-state index in [2.05, 4.69) is 0 Å². The third-order valence-electron chi connectivity index (χ3n) is 3.17. The average molecular weight is 316 g/mol. The van der Waals surface area contributed by atoms with Gasteiger partial charge in [-0.15, -0.1) is 0 Å². The van der Waals surface area contributed by atoms with Crippen LogP contribution in [0.5, 0.6) is 0 Å². The quantitative estimate of drug-likeness (QED) is 0.483. The number of hydrogen-bond donors (Lipinski definition) is 0. The van der Waals surface area contributed by atoms with Crippen LogP contribution < -0.4 is 0 Å². The Morgan fingerprint density at radius 2 is 1.65 bits per heavy atom. The number of carbonyl (C=O) groups excluding carboxylic acids is 2. The highest BCUT2D eigenvalue weighted by Crippen LogP contribution is 2.28. The molecule has 118 valence electrons. The highest BCUT2D eigenvalue weighted by Gasteiger charge is 2.39. The topological polar surface area (TPSA) is 65.7 Å². The maximum atomic E-state index is 13.7. The second kappa shape index (κ2) is 5.39. The normalized spacial score (nSPS) is 16.7. The van der Waals surface area contributed by atoms with Crippen molar-refractivity contribution in [3.05, 3.63) is 53.5 Å². The van der Waals surface area contributed by atoms with Gasteiger partial charge in [-0.1, -0.05) is 12.1 Å². The van der Waals surface area contributed by atoms with Gasteiger partial charge in [-0.2, -0.15) is 0 Å². The van der Waals surface area contributed by atoms with E-state index in [-0.39, 0.29) is 22.7 Å². The summed E-state index contributed by atoms with van der Waals surface area (Å²) in [5.41, 5.74) is 0.00541. The molecule has 0 aliphatic carbocycles. The number of carbonyl (C=O) groups is 2. The SMILES string of the molecule is CC1(C)OC(=O)C(=Cc2ccc(-c3ccccc3F)o2)C(=O)O1. The maximum Gasteiger partial charge on any atom is 0.348 e. The van der Waals surface area contributed by atoms with Crippen LogP contribution in [-0.4, -0.2) is 17.7 Å². The van der Waals surface area contributed by atoms with Crippen molar-refractivity contribution in [1.29, 1.82) is 0 Å². The minimum atomic E-state index is -1.30. The Balaban J connectivity index is 1.91. The van der Waals surface area contributed by atoms with Gasteiger partial charge in [-0.25, -0.2) is 14.0 Å². The Labute approximate surface area is 131 Å². The summed E-state index contributed by atoms with van der Waals surface area (Å²) in [5, 5.41) is 0. The van der Waals surface area contributed by atoms with Crippen molar-refractivity contribution >= 4 is 18.0 Å². The van der Waals surface area contributed by atoms with E-state index in [0.717, 1.165) is 0 Å². The fourth-order valence-electron chi connectivity index (χ4n) is 2.16. The lowest BCUT2D eigenvalue weighted by molar-refractivity contribution is -0.222. The Morgan fingerprint density at radius 1 is 1.00 bits per heavy atom. The van der Waals surface area contributed by atoms with Gasteiger partial charge in [0.25, 0.3) is 5.79 Å². The summed E-state index contributed by atoms with van der Waals surface area (Å²) in [5.74, 6) is -2.82. The summed E-state index contributed by atoms with van der Waals surface area (Å²) in [6.07, 6.45) is 1.21. The predicted octanol–water partition coefficient (Wildman–Crippen LogP) is 3.31. The smallest absolute Gasteiger partial charge is 0.348 e. The average Bonchev–Trinajstić information content (AvgIpc) is 2.91. The van der Waals surface area contributed by atoms with Crippen LogP contribution >= 0.6 is 0 Å². The van der Waals surface area contributed by atoms with Crippen molar-refractivity contribution < 1.29 is 27.9 Å². The van der Waals surface area contributed by atoms with Crippen molar-refractivity contribution in [2.45, 2.75) is 19.6 Å². The molecule has 0 atom stereocenters. The summed E-state index contributed by atoms with van der Waals surface area (Å²) < 4.78 is 29.2. The fraction of sp³-hybridized carbons (Fsp3) is 0.176. The number of rotatable bonds is 2. The van der Waals surface area contributed by atoms with Crippen LogP contribution in [0, 0.1) is 5.82 Å². The van der Waals surface area contributed by atoms with Gasteiger partial charge in [-0.05, 0) is 24.3 Å². The lowest BCUT2D eigenvalue weighted by atomic mass is 10.1. The summed E-state index contributed by atoms with van der Waals surface area (Å²) in [6.45, 7) is 2.92. The summed E-state index contributed by atoms with van der Waals surface area (Å²) in [4.78, 5) is 23.7. The molecule has 0 bridgehead atoms. The van der Waals surface area contributed by atoms with Crippen molar-refractivity contribution in [3.63, 3.8) is 0 Å². The number of halogens is 1. The molecule has 0 unspecified atom stereocenters. The highest BCUT2D eigenvalue weighted by atomic mass is 19.1. The first kappa shape index (κ1) is 15.0. The van der Waals surface area contributed by atoms with Crippen molar-refractivity contribution in [1.82, 2.24) is 0 Å². The zero-order chi connectivity index (χ0) is 16.6. The summed E-state index contributed by atoms with van der Waals surface area (Å²) >= 11 is 0. The molecule has 1 aliphatic rings. The zero-order valence-corrected chi connectivity index (χ0v) is 12.5. The van der Waals surface area contributed by atoms with Gasteiger partial charge in [-0.3, -0.25) is 0 Å². The Kier molecular flexibility index (Phi) is 3.52. The van der Waals surface area contributed by atoms with E-state index in [9.17, 15) is 14.0 Å². The number of hydrogen-bond acceptors (Lipinski definition) is 5. The standard InChI is InChI=1S/C17H13FO5/c1-17(2)22-15(19)12(16(20)23-17)9-10-7-8-14(21-10)11-5-3-4-6-13(11)18/h3-9H,1-2H3. The van der Waals surface area contributed by atoms with E-state index in [1.54, 1.807) is 24.3 Å². The van der Waals surface area contributed by atoms with Crippen LogP contribution in [0.2, 0.25) is 0 Å². The molecule has 2 aromatic rings. The molecule has 1 aliphatic heterocycles. The van der Waals surface area contributed by atoms with E-state index < -0.39 is 23.5 Å². The molecule has 6 heteroatoms. The van der Waals surface area contributed by atoms with Gasteiger partial charge in [0.15, 0.2) is 0 Å². The molecule has 0 saturated carbocycles. The van der Waals surface area contributed by atoms with Gasteiger partial charge in [0.1, 0.15) is 22.9 Å². The van der Waals surface area contributed by atoms with Gasteiger partial charge in [0.2, 0.25) is 0 Å². The largest absolute Gasteiger partial charge is 0.457 e. The van der Waals surface area contributed by atoms with Gasteiger partial charge in [0, 0.05) is 19.9 Å². The van der Waals surface area contributed by atoms with Crippen LogP contribution in [0.25, 0.3) is 17.4 Å². The van der Waals surface area contributed by atoms with Crippen LogP contribution in [0.15, 0.2) is 46.4 Å². The molecule has 23 heavy (non-hydrogen) atoms. The van der Waals surface area contributed by atoms with Gasteiger partial charge in [0.05, 0.1) is 5.56 Å². The first-order valence-electron chi connectivity index (χ1n) is 6.89. The van der Waals surface area contributed by atoms with Crippen molar-refractivity contribution in [3.8, 4) is 11.3 Å². The Hall–Kier alpha value is -2.89. The second-order valence-corrected chi connectivity index (χ2v) is 5.42.